The Balaban J connectivity index is 0.000000176. The molecule has 2 heterocycles. The van der Waals surface area contributed by atoms with Gasteiger partial charge in [0.1, 0.15) is 0 Å². The fourth-order valence-corrected chi connectivity index (χ4v) is 3.92. The van der Waals surface area contributed by atoms with E-state index in [-0.39, 0.29) is 5.41 Å². The summed E-state index contributed by atoms with van der Waals surface area (Å²) in [5.74, 6) is 1.72. The van der Waals surface area contributed by atoms with Crippen molar-refractivity contribution >= 4 is 22.8 Å². The predicted molar refractivity (Wildman–Crippen MR) is 137 cm³/mol. The summed E-state index contributed by atoms with van der Waals surface area (Å²) in [5.41, 5.74) is 10.8. The van der Waals surface area contributed by atoms with Crippen molar-refractivity contribution in [2.24, 2.45) is 21.8 Å². The van der Waals surface area contributed by atoms with Crippen molar-refractivity contribution in [3.63, 3.8) is 0 Å². The van der Waals surface area contributed by atoms with Gasteiger partial charge in [-0.15, -0.1) is 0 Å². The fourth-order valence-electron chi connectivity index (χ4n) is 3.92. The lowest BCUT2D eigenvalue weighted by Crippen LogP contribution is -2.10. The standard InChI is InChI=1S/C15H21N.C14H19N/c1-10(2)13-8-11-6-7-12(15(3,4)5)9-14(11)16-13;1-9(2)11-5-6-12-8-13(10(3)4)15-14(12)7-11/h6-7,9-10H,8H2,1-5H3;5-7,9-10H,8H2,1-4H3. The van der Waals surface area contributed by atoms with Crippen LogP contribution < -0.4 is 0 Å². The monoisotopic (exact) mass is 416 g/mol. The van der Waals surface area contributed by atoms with Crippen LogP contribution in [0.15, 0.2) is 46.4 Å². The molecule has 0 spiro atoms. The van der Waals surface area contributed by atoms with Crippen LogP contribution in [0.5, 0.6) is 0 Å². The number of aliphatic imine (C=N–C) groups is 2. The molecule has 31 heavy (non-hydrogen) atoms. The van der Waals surface area contributed by atoms with Crippen LogP contribution in [-0.4, -0.2) is 11.4 Å². The Morgan fingerprint density at radius 2 is 1.13 bits per heavy atom. The molecular weight excluding hydrogens is 376 g/mol. The number of benzene rings is 2. The van der Waals surface area contributed by atoms with Crippen molar-refractivity contribution in [2.45, 2.75) is 86.5 Å². The molecule has 0 amide bonds. The Bertz CT molecular complexity index is 998. The summed E-state index contributed by atoms with van der Waals surface area (Å²) >= 11 is 0. The van der Waals surface area contributed by atoms with Crippen molar-refractivity contribution in [3.05, 3.63) is 58.7 Å². The maximum atomic E-state index is 4.74. The third-order valence-corrected chi connectivity index (χ3v) is 6.33. The van der Waals surface area contributed by atoms with Gasteiger partial charge in [-0.1, -0.05) is 86.6 Å². The maximum Gasteiger partial charge on any atom is 0.0668 e. The number of fused-ring (bicyclic) bond motifs is 2. The van der Waals surface area contributed by atoms with Crippen molar-refractivity contribution in [1.82, 2.24) is 0 Å². The average molecular weight is 417 g/mol. The Morgan fingerprint density at radius 3 is 1.58 bits per heavy atom. The first-order chi connectivity index (χ1) is 14.5. The van der Waals surface area contributed by atoms with E-state index in [0.29, 0.717) is 17.8 Å². The largest absolute Gasteiger partial charge is 0.257 e. The van der Waals surface area contributed by atoms with E-state index >= 15 is 0 Å². The van der Waals surface area contributed by atoms with Gasteiger partial charge in [-0.25, -0.2) is 0 Å². The van der Waals surface area contributed by atoms with Crippen LogP contribution in [0.3, 0.4) is 0 Å². The fraction of sp³-hybridized carbons (Fsp3) is 0.517. The molecule has 166 valence electrons. The highest BCUT2D eigenvalue weighted by Gasteiger charge is 2.20. The third-order valence-electron chi connectivity index (χ3n) is 6.33. The molecule has 0 saturated heterocycles. The molecule has 2 aromatic carbocycles. The molecule has 0 atom stereocenters. The summed E-state index contributed by atoms with van der Waals surface area (Å²) in [5, 5.41) is 0. The first-order valence-corrected chi connectivity index (χ1v) is 11.9. The van der Waals surface area contributed by atoms with Crippen LogP contribution >= 0.6 is 0 Å². The van der Waals surface area contributed by atoms with Gasteiger partial charge in [0.2, 0.25) is 0 Å². The van der Waals surface area contributed by atoms with Crippen LogP contribution in [0.1, 0.15) is 90.5 Å². The van der Waals surface area contributed by atoms with Gasteiger partial charge in [0, 0.05) is 24.3 Å². The number of hydrogen-bond donors (Lipinski definition) is 0. The zero-order chi connectivity index (χ0) is 22.9. The van der Waals surface area contributed by atoms with E-state index < -0.39 is 0 Å². The van der Waals surface area contributed by atoms with Gasteiger partial charge >= 0.3 is 0 Å². The Labute approximate surface area is 189 Å². The highest BCUT2D eigenvalue weighted by molar-refractivity contribution is 5.96. The maximum absolute atomic E-state index is 4.74. The highest BCUT2D eigenvalue weighted by atomic mass is 14.8. The molecule has 0 bridgehead atoms. The van der Waals surface area contributed by atoms with Crippen LogP contribution in [-0.2, 0) is 18.3 Å². The van der Waals surface area contributed by atoms with Crippen molar-refractivity contribution in [2.75, 3.05) is 0 Å². The Kier molecular flexibility index (Phi) is 6.88. The second-order valence-corrected chi connectivity index (χ2v) is 11.0. The molecular formula is C29H40N2. The molecule has 2 aliphatic heterocycles. The van der Waals surface area contributed by atoms with E-state index in [1.165, 1.54) is 45.1 Å². The number of nitrogens with zero attached hydrogens (tertiary/aromatic N) is 2. The van der Waals surface area contributed by atoms with E-state index in [1.807, 2.05) is 0 Å². The molecule has 0 unspecified atom stereocenters. The molecule has 2 aliphatic rings. The summed E-state index contributed by atoms with van der Waals surface area (Å²) in [6.07, 6.45) is 2.09. The van der Waals surface area contributed by atoms with Gasteiger partial charge < -0.3 is 0 Å². The molecule has 0 aromatic heterocycles. The molecule has 0 radical (unpaired) electrons. The first-order valence-electron chi connectivity index (χ1n) is 11.9. The lowest BCUT2D eigenvalue weighted by atomic mass is 9.86. The van der Waals surface area contributed by atoms with Crippen molar-refractivity contribution in [3.8, 4) is 0 Å². The van der Waals surface area contributed by atoms with E-state index in [1.54, 1.807) is 0 Å². The molecule has 2 nitrogen and oxygen atoms in total. The summed E-state index contributed by atoms with van der Waals surface area (Å²) in [7, 11) is 0. The van der Waals surface area contributed by atoms with Gasteiger partial charge in [0.15, 0.2) is 0 Å². The zero-order valence-electron chi connectivity index (χ0n) is 21.0. The summed E-state index contributed by atoms with van der Waals surface area (Å²) in [6.45, 7) is 20.1. The molecule has 2 aromatic rings. The third kappa shape index (κ3) is 5.53. The zero-order valence-corrected chi connectivity index (χ0v) is 21.0. The van der Waals surface area contributed by atoms with E-state index in [4.69, 9.17) is 9.98 Å². The first kappa shape index (κ1) is 23.4. The molecule has 0 saturated carbocycles. The second-order valence-electron chi connectivity index (χ2n) is 11.0. The van der Waals surface area contributed by atoms with Crippen LogP contribution in [0, 0.1) is 11.8 Å². The molecule has 2 heteroatoms. The highest BCUT2D eigenvalue weighted by Crippen LogP contribution is 2.34. The van der Waals surface area contributed by atoms with Gasteiger partial charge in [-0.3, -0.25) is 9.98 Å². The predicted octanol–water partition coefficient (Wildman–Crippen LogP) is 8.36. The minimum Gasteiger partial charge on any atom is -0.257 e. The second kappa shape index (κ2) is 9.10. The van der Waals surface area contributed by atoms with Gasteiger partial charge in [0.25, 0.3) is 0 Å². The summed E-state index contributed by atoms with van der Waals surface area (Å²) in [4.78, 5) is 9.45. The Hall–Kier alpha value is -2.22. The van der Waals surface area contributed by atoms with Gasteiger partial charge in [-0.2, -0.15) is 0 Å². The van der Waals surface area contributed by atoms with E-state index in [9.17, 15) is 0 Å². The van der Waals surface area contributed by atoms with Crippen LogP contribution in [0.25, 0.3) is 0 Å². The SMILES string of the molecule is CC(C)C1=Nc2cc(C(C)(C)C)ccc2C1.CC(C)C1=Nc2cc(C(C)C)ccc2C1. The quantitative estimate of drug-likeness (QED) is 0.480. The topological polar surface area (TPSA) is 24.7 Å². The number of hydrogen-bond acceptors (Lipinski definition) is 2. The van der Waals surface area contributed by atoms with Crippen molar-refractivity contribution < 1.29 is 0 Å². The summed E-state index contributed by atoms with van der Waals surface area (Å²) in [6, 6.07) is 13.5. The Morgan fingerprint density at radius 1 is 0.645 bits per heavy atom. The van der Waals surface area contributed by atoms with Crippen molar-refractivity contribution in [1.29, 1.82) is 0 Å². The average Bonchev–Trinajstić information content (AvgIpc) is 3.30. The van der Waals surface area contributed by atoms with E-state index in [2.05, 4.69) is 98.7 Å². The van der Waals surface area contributed by atoms with E-state index in [0.717, 1.165) is 12.8 Å². The normalized spacial score (nSPS) is 15.0. The molecule has 4 rings (SSSR count). The molecule has 0 N–H and O–H groups in total. The number of rotatable bonds is 3. The lowest BCUT2D eigenvalue weighted by molar-refractivity contribution is 0.590. The lowest BCUT2D eigenvalue weighted by Gasteiger charge is -2.19. The molecule has 0 fully saturated rings. The smallest absolute Gasteiger partial charge is 0.0668 e. The minimum atomic E-state index is 0.213. The van der Waals surface area contributed by atoms with Crippen LogP contribution in [0.4, 0.5) is 11.4 Å². The van der Waals surface area contributed by atoms with Gasteiger partial charge in [0.05, 0.1) is 11.4 Å². The molecule has 0 aliphatic carbocycles. The van der Waals surface area contributed by atoms with Gasteiger partial charge in [-0.05, 0) is 57.6 Å². The van der Waals surface area contributed by atoms with Crippen LogP contribution in [0.2, 0.25) is 0 Å². The minimum absolute atomic E-state index is 0.213. The summed E-state index contributed by atoms with van der Waals surface area (Å²) < 4.78 is 0.